The normalized spacial score (nSPS) is 15.7. The maximum atomic E-state index is 11.9. The van der Waals surface area contributed by atoms with Gasteiger partial charge in [0.15, 0.2) is 0 Å². The van der Waals surface area contributed by atoms with Crippen LogP contribution in [0, 0.1) is 11.3 Å². The molecule has 0 aromatic heterocycles. The van der Waals surface area contributed by atoms with Crippen molar-refractivity contribution in [3.8, 4) is 17.2 Å². The van der Waals surface area contributed by atoms with E-state index in [9.17, 15) is 25.1 Å². The Hall–Kier alpha value is -3.33. The number of fused-ring (bicyclic) bond motifs is 1. The standard InChI is InChI=1S/C18H14N2O4/c19-9-11-8-13-12(17(21)22)6-7-20-16(13)15(18(23)24)14(11)10-4-2-1-3-5-10/h1-5,8,12,20H,6-7H2,(H,21,22)(H,23,24). The van der Waals surface area contributed by atoms with Crippen molar-refractivity contribution in [1.82, 2.24) is 0 Å². The number of hydrogen-bond acceptors (Lipinski definition) is 4. The molecule has 0 bridgehead atoms. The van der Waals surface area contributed by atoms with Crippen molar-refractivity contribution in [3.63, 3.8) is 0 Å². The number of anilines is 1. The van der Waals surface area contributed by atoms with Crippen LogP contribution < -0.4 is 5.32 Å². The first-order chi connectivity index (χ1) is 11.5. The van der Waals surface area contributed by atoms with Gasteiger partial charge in [0.2, 0.25) is 0 Å². The first-order valence-electron chi connectivity index (χ1n) is 7.41. The molecule has 1 aliphatic rings. The molecule has 0 aliphatic carbocycles. The van der Waals surface area contributed by atoms with Gasteiger partial charge in [-0.2, -0.15) is 5.26 Å². The van der Waals surface area contributed by atoms with Crippen LogP contribution in [0.25, 0.3) is 11.1 Å². The lowest BCUT2D eigenvalue weighted by atomic mass is 9.83. The van der Waals surface area contributed by atoms with E-state index in [0.29, 0.717) is 35.3 Å². The van der Waals surface area contributed by atoms with Crippen LogP contribution in [-0.2, 0) is 4.79 Å². The van der Waals surface area contributed by atoms with E-state index in [-0.39, 0.29) is 11.1 Å². The average molecular weight is 322 g/mol. The number of aromatic carboxylic acids is 1. The second-order valence-electron chi connectivity index (χ2n) is 5.53. The van der Waals surface area contributed by atoms with E-state index in [2.05, 4.69) is 5.32 Å². The van der Waals surface area contributed by atoms with E-state index in [1.54, 1.807) is 30.3 Å². The highest BCUT2D eigenvalue weighted by molar-refractivity contribution is 6.05. The topological polar surface area (TPSA) is 110 Å². The molecule has 120 valence electrons. The summed E-state index contributed by atoms with van der Waals surface area (Å²) in [6.07, 6.45) is 0.344. The van der Waals surface area contributed by atoms with E-state index in [1.807, 2.05) is 6.07 Å². The van der Waals surface area contributed by atoms with E-state index in [4.69, 9.17) is 0 Å². The van der Waals surface area contributed by atoms with Crippen LogP contribution in [-0.4, -0.2) is 28.7 Å². The largest absolute Gasteiger partial charge is 0.481 e. The summed E-state index contributed by atoms with van der Waals surface area (Å²) in [6.45, 7) is 0.365. The van der Waals surface area contributed by atoms with Gasteiger partial charge < -0.3 is 15.5 Å². The minimum atomic E-state index is -1.19. The third-order valence-electron chi connectivity index (χ3n) is 4.16. The molecule has 3 rings (SSSR count). The highest BCUT2D eigenvalue weighted by Crippen LogP contribution is 2.41. The van der Waals surface area contributed by atoms with Crippen LogP contribution in [0.4, 0.5) is 5.69 Å². The molecule has 0 amide bonds. The van der Waals surface area contributed by atoms with Crippen molar-refractivity contribution in [1.29, 1.82) is 5.26 Å². The van der Waals surface area contributed by atoms with Crippen molar-refractivity contribution in [3.05, 3.63) is 53.1 Å². The number of aliphatic carboxylic acids is 1. The third kappa shape index (κ3) is 2.46. The van der Waals surface area contributed by atoms with Crippen molar-refractivity contribution < 1.29 is 19.8 Å². The van der Waals surface area contributed by atoms with Gasteiger partial charge in [-0.15, -0.1) is 0 Å². The molecular formula is C18H14N2O4. The van der Waals surface area contributed by atoms with E-state index in [0.717, 1.165) is 0 Å². The molecule has 1 aliphatic heterocycles. The third-order valence-corrected chi connectivity index (χ3v) is 4.16. The van der Waals surface area contributed by atoms with Crippen molar-refractivity contribution in [2.75, 3.05) is 11.9 Å². The summed E-state index contributed by atoms with van der Waals surface area (Å²) in [6, 6.07) is 12.3. The van der Waals surface area contributed by atoms with E-state index < -0.39 is 17.9 Å². The molecule has 6 nitrogen and oxygen atoms in total. The molecule has 0 radical (unpaired) electrons. The summed E-state index contributed by atoms with van der Waals surface area (Å²) in [5.74, 6) is -3.04. The van der Waals surface area contributed by atoms with Crippen LogP contribution in [0.3, 0.4) is 0 Å². The van der Waals surface area contributed by atoms with Gasteiger partial charge in [-0.3, -0.25) is 4.79 Å². The molecule has 3 N–H and O–H groups in total. The second-order valence-corrected chi connectivity index (χ2v) is 5.53. The van der Waals surface area contributed by atoms with Crippen molar-refractivity contribution in [2.24, 2.45) is 0 Å². The van der Waals surface area contributed by atoms with E-state index >= 15 is 0 Å². The Balaban J connectivity index is 2.38. The quantitative estimate of drug-likeness (QED) is 0.801. The molecule has 0 saturated carbocycles. The lowest BCUT2D eigenvalue weighted by Crippen LogP contribution is -2.25. The second kappa shape index (κ2) is 6.05. The van der Waals surface area contributed by atoms with Crippen LogP contribution >= 0.6 is 0 Å². The number of nitriles is 1. The number of rotatable bonds is 3. The monoisotopic (exact) mass is 322 g/mol. The maximum absolute atomic E-state index is 11.9. The number of benzene rings is 2. The number of carbonyl (C=O) groups is 2. The van der Waals surface area contributed by atoms with Gasteiger partial charge in [0.05, 0.1) is 28.8 Å². The fraction of sp³-hybridized carbons (Fsp3) is 0.167. The minimum Gasteiger partial charge on any atom is -0.481 e. The molecule has 2 aromatic carbocycles. The number of nitrogens with zero attached hydrogens (tertiary/aromatic N) is 1. The summed E-state index contributed by atoms with van der Waals surface area (Å²) in [5, 5.41) is 31.6. The van der Waals surface area contributed by atoms with Gasteiger partial charge >= 0.3 is 11.9 Å². The molecule has 1 unspecified atom stereocenters. The number of carboxylic acid groups (broad SMARTS) is 2. The van der Waals surface area contributed by atoms with Crippen LogP contribution in [0.15, 0.2) is 36.4 Å². The van der Waals surface area contributed by atoms with Gasteiger partial charge in [-0.05, 0) is 23.6 Å². The zero-order valence-corrected chi connectivity index (χ0v) is 12.6. The van der Waals surface area contributed by atoms with Crippen LogP contribution in [0.2, 0.25) is 0 Å². The minimum absolute atomic E-state index is 0.0544. The summed E-state index contributed by atoms with van der Waals surface area (Å²) in [5.41, 5.74) is 1.66. The molecule has 2 aromatic rings. The van der Waals surface area contributed by atoms with Crippen LogP contribution in [0.1, 0.15) is 33.8 Å². The Morgan fingerprint density at radius 3 is 2.50 bits per heavy atom. The lowest BCUT2D eigenvalue weighted by Gasteiger charge is -2.27. The molecule has 0 spiro atoms. The van der Waals surface area contributed by atoms with Crippen LogP contribution in [0.5, 0.6) is 0 Å². The Morgan fingerprint density at radius 2 is 1.92 bits per heavy atom. The molecule has 24 heavy (non-hydrogen) atoms. The van der Waals surface area contributed by atoms with Gasteiger partial charge in [0.1, 0.15) is 0 Å². The summed E-state index contributed by atoms with van der Waals surface area (Å²) in [4.78, 5) is 23.4. The summed E-state index contributed by atoms with van der Waals surface area (Å²) < 4.78 is 0. The zero-order chi connectivity index (χ0) is 17.3. The molecule has 1 atom stereocenters. The van der Waals surface area contributed by atoms with Gasteiger partial charge in [0, 0.05) is 12.1 Å². The summed E-state index contributed by atoms with van der Waals surface area (Å²) in [7, 11) is 0. The maximum Gasteiger partial charge on any atom is 0.338 e. The molecule has 0 fully saturated rings. The highest BCUT2D eigenvalue weighted by atomic mass is 16.4. The molecule has 1 heterocycles. The first-order valence-corrected chi connectivity index (χ1v) is 7.41. The molecule has 0 saturated heterocycles. The zero-order valence-electron chi connectivity index (χ0n) is 12.6. The lowest BCUT2D eigenvalue weighted by molar-refractivity contribution is -0.138. The Morgan fingerprint density at radius 1 is 1.21 bits per heavy atom. The average Bonchev–Trinajstić information content (AvgIpc) is 2.59. The SMILES string of the molecule is N#Cc1cc2c(c(C(=O)O)c1-c1ccccc1)NCCC2C(=O)O. The van der Waals surface area contributed by atoms with Crippen molar-refractivity contribution >= 4 is 17.6 Å². The fourth-order valence-corrected chi connectivity index (χ4v) is 3.13. The molecule has 6 heteroatoms. The highest BCUT2D eigenvalue weighted by Gasteiger charge is 2.32. The predicted molar refractivity (Wildman–Crippen MR) is 87.0 cm³/mol. The molecular weight excluding hydrogens is 308 g/mol. The van der Waals surface area contributed by atoms with Gasteiger partial charge in [0.25, 0.3) is 0 Å². The predicted octanol–water partition coefficient (Wildman–Crippen LogP) is 2.91. The van der Waals surface area contributed by atoms with E-state index in [1.165, 1.54) is 6.07 Å². The Bertz CT molecular complexity index is 869. The smallest absolute Gasteiger partial charge is 0.338 e. The number of hydrogen-bond donors (Lipinski definition) is 3. The van der Waals surface area contributed by atoms with Gasteiger partial charge in [-0.25, -0.2) is 4.79 Å². The Kier molecular flexibility index (Phi) is 3.92. The summed E-state index contributed by atoms with van der Waals surface area (Å²) >= 11 is 0. The number of carboxylic acids is 2. The van der Waals surface area contributed by atoms with Gasteiger partial charge in [-0.1, -0.05) is 30.3 Å². The van der Waals surface area contributed by atoms with Crippen molar-refractivity contribution in [2.45, 2.75) is 12.3 Å². The number of nitrogens with one attached hydrogen (secondary N) is 1. The fourth-order valence-electron chi connectivity index (χ4n) is 3.13. The Labute approximate surface area is 138 Å². The first kappa shape index (κ1) is 15.6.